The van der Waals surface area contributed by atoms with Gasteiger partial charge in [0.1, 0.15) is 17.9 Å². The molecule has 33 heavy (non-hydrogen) atoms. The maximum absolute atomic E-state index is 13.5. The summed E-state index contributed by atoms with van der Waals surface area (Å²) in [5.74, 6) is -3.85. The number of carbonyl (C=O) groups excluding carboxylic acids is 4. The molecular weight excluding hydrogens is 436 g/mol. The topological polar surface area (TPSA) is 114 Å². The SMILES string of the molecule is CC(C)C[C@H](NC(=O)OC(C)(C)C1CCC(F)(F)CC1)C(=O)N[C@H](C=O)C[C@@H]1CCNC1=O. The molecule has 2 rings (SSSR count). The zero-order chi connectivity index (χ0) is 24.8. The zero-order valence-electron chi connectivity index (χ0n) is 19.9. The molecule has 2 fully saturated rings. The summed E-state index contributed by atoms with van der Waals surface area (Å²) in [7, 11) is 0. The Kier molecular flexibility index (Phi) is 9.20. The fourth-order valence-electron chi connectivity index (χ4n) is 4.54. The summed E-state index contributed by atoms with van der Waals surface area (Å²) in [6.07, 6.45) is 0.907. The van der Waals surface area contributed by atoms with E-state index >= 15 is 0 Å². The first-order valence-corrected chi connectivity index (χ1v) is 11.7. The van der Waals surface area contributed by atoms with E-state index in [-0.39, 0.29) is 55.8 Å². The molecule has 0 spiro atoms. The van der Waals surface area contributed by atoms with E-state index in [1.165, 1.54) is 0 Å². The number of hydrogen-bond donors (Lipinski definition) is 3. The first-order valence-electron chi connectivity index (χ1n) is 11.7. The number of carbonyl (C=O) groups is 4. The van der Waals surface area contributed by atoms with Crippen LogP contribution in [0.4, 0.5) is 13.6 Å². The predicted octanol–water partition coefficient (Wildman–Crippen LogP) is 2.94. The van der Waals surface area contributed by atoms with Crippen LogP contribution in [-0.4, -0.2) is 54.3 Å². The molecule has 3 N–H and O–H groups in total. The van der Waals surface area contributed by atoms with Crippen molar-refractivity contribution < 1.29 is 32.7 Å². The fourth-order valence-corrected chi connectivity index (χ4v) is 4.54. The van der Waals surface area contributed by atoms with Gasteiger partial charge in [0.25, 0.3) is 0 Å². The highest BCUT2D eigenvalue weighted by Gasteiger charge is 2.42. The summed E-state index contributed by atoms with van der Waals surface area (Å²) >= 11 is 0. The quantitative estimate of drug-likeness (QED) is 0.422. The molecule has 0 aromatic carbocycles. The van der Waals surface area contributed by atoms with Crippen LogP contribution in [0.15, 0.2) is 0 Å². The van der Waals surface area contributed by atoms with Crippen molar-refractivity contribution in [1.29, 1.82) is 0 Å². The van der Waals surface area contributed by atoms with Crippen LogP contribution in [0.2, 0.25) is 0 Å². The normalized spacial score (nSPS) is 22.9. The van der Waals surface area contributed by atoms with Crippen LogP contribution in [0.25, 0.3) is 0 Å². The van der Waals surface area contributed by atoms with Crippen LogP contribution >= 0.6 is 0 Å². The van der Waals surface area contributed by atoms with Gasteiger partial charge in [-0.15, -0.1) is 0 Å². The highest BCUT2D eigenvalue weighted by molar-refractivity contribution is 5.88. The van der Waals surface area contributed by atoms with E-state index in [9.17, 15) is 28.0 Å². The Morgan fingerprint density at radius 1 is 1.21 bits per heavy atom. The van der Waals surface area contributed by atoms with Crippen molar-refractivity contribution in [2.75, 3.05) is 6.54 Å². The molecule has 2 aliphatic rings. The maximum Gasteiger partial charge on any atom is 0.408 e. The molecule has 0 bridgehead atoms. The van der Waals surface area contributed by atoms with Gasteiger partial charge in [-0.3, -0.25) is 9.59 Å². The van der Waals surface area contributed by atoms with E-state index in [4.69, 9.17) is 4.74 Å². The predicted molar refractivity (Wildman–Crippen MR) is 118 cm³/mol. The second kappa shape index (κ2) is 11.2. The van der Waals surface area contributed by atoms with Gasteiger partial charge in [0.2, 0.25) is 17.7 Å². The van der Waals surface area contributed by atoms with Crippen LogP contribution in [0.5, 0.6) is 0 Å². The van der Waals surface area contributed by atoms with E-state index < -0.39 is 35.6 Å². The number of hydrogen-bond acceptors (Lipinski definition) is 5. The van der Waals surface area contributed by atoms with Crippen LogP contribution in [0, 0.1) is 17.8 Å². The third-order valence-corrected chi connectivity index (χ3v) is 6.56. The number of rotatable bonds is 10. The molecule has 1 saturated carbocycles. The Morgan fingerprint density at radius 2 is 1.85 bits per heavy atom. The van der Waals surface area contributed by atoms with Gasteiger partial charge in [-0.05, 0) is 57.8 Å². The van der Waals surface area contributed by atoms with Gasteiger partial charge >= 0.3 is 6.09 Å². The third-order valence-electron chi connectivity index (χ3n) is 6.56. The molecule has 188 valence electrons. The lowest BCUT2D eigenvalue weighted by Gasteiger charge is -2.38. The van der Waals surface area contributed by atoms with E-state index in [2.05, 4.69) is 16.0 Å². The summed E-state index contributed by atoms with van der Waals surface area (Å²) in [6.45, 7) is 7.69. The maximum atomic E-state index is 13.5. The van der Waals surface area contributed by atoms with Gasteiger partial charge in [-0.1, -0.05) is 13.8 Å². The van der Waals surface area contributed by atoms with Crippen molar-refractivity contribution in [2.24, 2.45) is 17.8 Å². The minimum absolute atomic E-state index is 0.0601. The molecule has 0 aromatic heterocycles. The molecule has 1 saturated heterocycles. The number of nitrogens with one attached hydrogen (secondary N) is 3. The Morgan fingerprint density at radius 3 is 2.36 bits per heavy atom. The van der Waals surface area contributed by atoms with Gasteiger partial charge < -0.3 is 25.5 Å². The standard InChI is InChI=1S/C23H37F2N3O5/c1-14(2)11-18(20(31)27-17(13-29)12-15-7-10-26-19(15)30)28-21(32)33-22(3,4)16-5-8-23(24,25)9-6-16/h13-18H,5-12H2,1-4H3,(H,26,30)(H,27,31)(H,28,32)/t15-,17-,18-/m0/s1. The molecule has 1 heterocycles. The molecular formula is C23H37F2N3O5. The molecule has 0 radical (unpaired) electrons. The third kappa shape index (κ3) is 8.23. The molecule has 1 aliphatic heterocycles. The lowest BCUT2D eigenvalue weighted by Crippen LogP contribution is -2.52. The molecule has 0 aromatic rings. The zero-order valence-corrected chi connectivity index (χ0v) is 19.9. The number of amides is 3. The highest BCUT2D eigenvalue weighted by atomic mass is 19.3. The number of alkyl carbamates (subject to hydrolysis) is 1. The Labute approximate surface area is 193 Å². The average molecular weight is 474 g/mol. The Hall–Kier alpha value is -2.26. The van der Waals surface area contributed by atoms with E-state index in [1.807, 2.05) is 13.8 Å². The summed E-state index contributed by atoms with van der Waals surface area (Å²) in [6, 6.07) is -1.79. The first-order chi connectivity index (χ1) is 15.3. The molecule has 0 unspecified atom stereocenters. The van der Waals surface area contributed by atoms with Gasteiger partial charge in [0.15, 0.2) is 0 Å². The second-order valence-corrected chi connectivity index (χ2v) is 10.2. The first kappa shape index (κ1) is 27.0. The summed E-state index contributed by atoms with van der Waals surface area (Å²) in [5.41, 5.74) is -0.972. The van der Waals surface area contributed by atoms with Crippen molar-refractivity contribution in [1.82, 2.24) is 16.0 Å². The van der Waals surface area contributed by atoms with Gasteiger partial charge in [-0.25, -0.2) is 13.6 Å². The smallest absolute Gasteiger partial charge is 0.408 e. The monoisotopic (exact) mass is 473 g/mol. The van der Waals surface area contributed by atoms with Gasteiger partial charge in [0.05, 0.1) is 6.04 Å². The van der Waals surface area contributed by atoms with Gasteiger partial charge in [-0.2, -0.15) is 0 Å². The van der Waals surface area contributed by atoms with E-state index in [1.54, 1.807) is 13.8 Å². The molecule has 3 amide bonds. The lowest BCUT2D eigenvalue weighted by molar-refractivity contribution is -0.127. The molecule has 3 atom stereocenters. The molecule has 10 heteroatoms. The highest BCUT2D eigenvalue weighted by Crippen LogP contribution is 2.41. The van der Waals surface area contributed by atoms with E-state index in [0.29, 0.717) is 25.7 Å². The van der Waals surface area contributed by atoms with Crippen molar-refractivity contribution in [2.45, 2.75) is 96.2 Å². The van der Waals surface area contributed by atoms with Gasteiger partial charge in [0, 0.05) is 25.3 Å². The number of halogens is 2. The average Bonchev–Trinajstić information content (AvgIpc) is 3.10. The Bertz CT molecular complexity index is 719. The van der Waals surface area contributed by atoms with E-state index in [0.717, 1.165) is 0 Å². The summed E-state index contributed by atoms with van der Waals surface area (Å²) < 4.78 is 32.5. The largest absolute Gasteiger partial charge is 0.443 e. The van der Waals surface area contributed by atoms with Crippen LogP contribution in [0.1, 0.15) is 72.6 Å². The van der Waals surface area contributed by atoms with Crippen molar-refractivity contribution in [3.63, 3.8) is 0 Å². The lowest BCUT2D eigenvalue weighted by atomic mass is 9.77. The molecule has 8 nitrogen and oxygen atoms in total. The van der Waals surface area contributed by atoms with Crippen LogP contribution < -0.4 is 16.0 Å². The number of ether oxygens (including phenoxy) is 1. The molecule has 1 aliphatic carbocycles. The van der Waals surface area contributed by atoms with Crippen LogP contribution in [0.3, 0.4) is 0 Å². The van der Waals surface area contributed by atoms with Crippen LogP contribution in [-0.2, 0) is 19.1 Å². The minimum Gasteiger partial charge on any atom is -0.443 e. The minimum atomic E-state index is -2.68. The van der Waals surface area contributed by atoms with Crippen molar-refractivity contribution in [3.05, 3.63) is 0 Å². The fraction of sp³-hybridized carbons (Fsp3) is 0.826. The summed E-state index contributed by atoms with van der Waals surface area (Å²) in [5, 5.41) is 7.89. The summed E-state index contributed by atoms with van der Waals surface area (Å²) in [4.78, 5) is 48.8. The second-order valence-electron chi connectivity index (χ2n) is 10.2. The van der Waals surface area contributed by atoms with Crippen molar-refractivity contribution in [3.8, 4) is 0 Å². The number of aldehydes is 1. The Balaban J connectivity index is 1.96. The number of alkyl halides is 2. The van der Waals surface area contributed by atoms with Crippen molar-refractivity contribution >= 4 is 24.2 Å².